The normalized spacial score (nSPS) is 10.2. The van der Waals surface area contributed by atoms with Gasteiger partial charge in [0.05, 0.1) is 5.56 Å². The van der Waals surface area contributed by atoms with Crippen molar-refractivity contribution < 1.29 is 9.90 Å². The molecule has 2 rings (SSSR count). The number of aliphatic hydroxyl groups is 1. The fourth-order valence-electron chi connectivity index (χ4n) is 1.69. The molecule has 0 bridgehead atoms. The van der Waals surface area contributed by atoms with Crippen LogP contribution < -0.4 is 11.1 Å². The van der Waals surface area contributed by atoms with Crippen LogP contribution in [0.3, 0.4) is 0 Å². The number of hydrogen-bond donors (Lipinski definition) is 3. The second kappa shape index (κ2) is 5.97. The summed E-state index contributed by atoms with van der Waals surface area (Å²) in [5.41, 5.74) is 7.68. The number of aliphatic hydroxyl groups excluding tert-OH is 1. The minimum Gasteiger partial charge on any atom is -0.396 e. The summed E-state index contributed by atoms with van der Waals surface area (Å²) in [5, 5.41) is 11.6. The van der Waals surface area contributed by atoms with Crippen LogP contribution in [0.25, 0.3) is 0 Å². The van der Waals surface area contributed by atoms with E-state index in [0.29, 0.717) is 17.7 Å². The van der Waals surface area contributed by atoms with Gasteiger partial charge < -0.3 is 16.2 Å². The van der Waals surface area contributed by atoms with Crippen LogP contribution in [-0.2, 0) is 6.42 Å². The van der Waals surface area contributed by atoms with E-state index < -0.39 is 0 Å². The van der Waals surface area contributed by atoms with Gasteiger partial charge in [-0.3, -0.25) is 4.79 Å². The van der Waals surface area contributed by atoms with Gasteiger partial charge in [0, 0.05) is 18.5 Å². The lowest BCUT2D eigenvalue weighted by atomic mass is 10.1. The quantitative estimate of drug-likeness (QED) is 0.773. The van der Waals surface area contributed by atoms with Crippen LogP contribution in [0.2, 0.25) is 0 Å². The molecule has 1 aromatic carbocycles. The van der Waals surface area contributed by atoms with Gasteiger partial charge in [-0.05, 0) is 36.2 Å². The molecule has 0 spiro atoms. The molecule has 19 heavy (non-hydrogen) atoms. The summed E-state index contributed by atoms with van der Waals surface area (Å²) in [5.74, 6) is -0.0857. The first-order chi connectivity index (χ1) is 9.20. The van der Waals surface area contributed by atoms with E-state index in [1.54, 1.807) is 24.3 Å². The van der Waals surface area contributed by atoms with Crippen molar-refractivity contribution >= 4 is 17.4 Å². The molecule has 5 heteroatoms. The molecule has 0 aliphatic rings. The smallest absolute Gasteiger partial charge is 0.259 e. The van der Waals surface area contributed by atoms with Crippen molar-refractivity contribution in [1.29, 1.82) is 0 Å². The van der Waals surface area contributed by atoms with Crippen molar-refractivity contribution in [2.75, 3.05) is 17.7 Å². The fourth-order valence-corrected chi connectivity index (χ4v) is 1.69. The van der Waals surface area contributed by atoms with E-state index in [1.165, 1.54) is 6.20 Å². The van der Waals surface area contributed by atoms with Crippen molar-refractivity contribution in [1.82, 2.24) is 4.98 Å². The van der Waals surface area contributed by atoms with E-state index in [-0.39, 0.29) is 18.3 Å². The highest BCUT2D eigenvalue weighted by Gasteiger charge is 2.09. The highest BCUT2D eigenvalue weighted by molar-refractivity contribution is 6.07. The lowest BCUT2D eigenvalue weighted by molar-refractivity contribution is 0.102. The number of nitrogens with zero attached hydrogens (tertiary/aromatic N) is 1. The highest BCUT2D eigenvalue weighted by Crippen LogP contribution is 2.13. The zero-order valence-electron chi connectivity index (χ0n) is 10.3. The van der Waals surface area contributed by atoms with Gasteiger partial charge in [0.2, 0.25) is 0 Å². The molecule has 1 heterocycles. The lowest BCUT2D eigenvalue weighted by Gasteiger charge is -2.07. The molecule has 0 fully saturated rings. The Balaban J connectivity index is 2.09. The number of carbonyl (C=O) groups is 1. The lowest BCUT2D eigenvalue weighted by Crippen LogP contribution is -2.14. The summed E-state index contributed by atoms with van der Waals surface area (Å²) in [6.45, 7) is 0.109. The molecule has 0 aliphatic carbocycles. The number of nitrogens with two attached hydrogens (primary N) is 1. The topological polar surface area (TPSA) is 88.2 Å². The third kappa shape index (κ3) is 3.29. The first kappa shape index (κ1) is 13.0. The van der Waals surface area contributed by atoms with Gasteiger partial charge in [0.25, 0.3) is 5.91 Å². The number of nitrogen functional groups attached to an aromatic ring is 1. The first-order valence-electron chi connectivity index (χ1n) is 5.92. The minimum absolute atomic E-state index is 0.109. The third-order valence-electron chi connectivity index (χ3n) is 2.70. The molecule has 0 aliphatic heterocycles. The summed E-state index contributed by atoms with van der Waals surface area (Å²) in [7, 11) is 0. The molecule has 98 valence electrons. The summed E-state index contributed by atoms with van der Waals surface area (Å²) in [6.07, 6.45) is 2.14. The van der Waals surface area contributed by atoms with Crippen LogP contribution >= 0.6 is 0 Å². The Morgan fingerprint density at radius 1 is 1.26 bits per heavy atom. The molecule has 1 aromatic heterocycles. The molecule has 5 nitrogen and oxygen atoms in total. The van der Waals surface area contributed by atoms with Crippen molar-refractivity contribution in [2.45, 2.75) is 6.42 Å². The standard InChI is InChI=1S/C14H15N3O2/c15-13-12(2-1-8-16-13)14(19)17-11-5-3-10(4-6-11)7-9-18/h1-6,8,18H,7,9H2,(H2,15,16)(H,17,19). The first-order valence-corrected chi connectivity index (χ1v) is 5.92. The van der Waals surface area contributed by atoms with E-state index in [0.717, 1.165) is 5.56 Å². The Bertz CT molecular complexity index is 567. The summed E-state index contributed by atoms with van der Waals surface area (Å²) >= 11 is 0. The fraction of sp³-hybridized carbons (Fsp3) is 0.143. The predicted octanol–water partition coefficient (Wildman–Crippen LogP) is 1.45. The zero-order chi connectivity index (χ0) is 13.7. The molecule has 1 amide bonds. The Kier molecular flexibility index (Phi) is 4.10. The highest BCUT2D eigenvalue weighted by atomic mass is 16.2. The second-order valence-corrected chi connectivity index (χ2v) is 4.06. The van der Waals surface area contributed by atoms with E-state index >= 15 is 0 Å². The average molecular weight is 257 g/mol. The van der Waals surface area contributed by atoms with Crippen LogP contribution in [-0.4, -0.2) is 22.6 Å². The van der Waals surface area contributed by atoms with Crippen LogP contribution in [0, 0.1) is 0 Å². The maximum Gasteiger partial charge on any atom is 0.259 e. The number of carbonyl (C=O) groups excluding carboxylic acids is 1. The van der Waals surface area contributed by atoms with Gasteiger partial charge in [-0.2, -0.15) is 0 Å². The predicted molar refractivity (Wildman–Crippen MR) is 73.8 cm³/mol. The molecule has 0 atom stereocenters. The van der Waals surface area contributed by atoms with Gasteiger partial charge >= 0.3 is 0 Å². The van der Waals surface area contributed by atoms with Crippen LogP contribution in [0.1, 0.15) is 15.9 Å². The van der Waals surface area contributed by atoms with E-state index in [4.69, 9.17) is 10.8 Å². The Morgan fingerprint density at radius 3 is 2.63 bits per heavy atom. The average Bonchev–Trinajstić information content (AvgIpc) is 2.42. The molecule has 2 aromatic rings. The van der Waals surface area contributed by atoms with Gasteiger partial charge in [0.15, 0.2) is 0 Å². The van der Waals surface area contributed by atoms with Crippen molar-refractivity contribution in [3.8, 4) is 0 Å². The molecule has 4 N–H and O–H groups in total. The number of anilines is 2. The Hall–Kier alpha value is -2.40. The van der Waals surface area contributed by atoms with E-state index in [9.17, 15) is 4.79 Å². The number of hydrogen-bond acceptors (Lipinski definition) is 4. The van der Waals surface area contributed by atoms with Gasteiger partial charge in [-0.1, -0.05) is 12.1 Å². The van der Waals surface area contributed by atoms with Crippen LogP contribution in [0.5, 0.6) is 0 Å². The maximum atomic E-state index is 12.0. The number of amides is 1. The second-order valence-electron chi connectivity index (χ2n) is 4.06. The summed E-state index contributed by atoms with van der Waals surface area (Å²) in [6, 6.07) is 10.6. The van der Waals surface area contributed by atoms with Crippen LogP contribution in [0.15, 0.2) is 42.6 Å². The Labute approximate surface area is 111 Å². The number of nitrogens with one attached hydrogen (secondary N) is 1. The largest absolute Gasteiger partial charge is 0.396 e. The third-order valence-corrected chi connectivity index (χ3v) is 2.70. The van der Waals surface area contributed by atoms with Crippen molar-refractivity contribution in [3.05, 3.63) is 53.7 Å². The number of benzene rings is 1. The number of rotatable bonds is 4. The Morgan fingerprint density at radius 2 is 2.00 bits per heavy atom. The number of pyridine rings is 1. The molecule has 0 saturated carbocycles. The van der Waals surface area contributed by atoms with E-state index in [2.05, 4.69) is 10.3 Å². The monoisotopic (exact) mass is 257 g/mol. The zero-order valence-corrected chi connectivity index (χ0v) is 10.3. The van der Waals surface area contributed by atoms with E-state index in [1.807, 2.05) is 12.1 Å². The van der Waals surface area contributed by atoms with Gasteiger partial charge in [-0.25, -0.2) is 4.98 Å². The molecular formula is C14H15N3O2. The summed E-state index contributed by atoms with van der Waals surface area (Å²) < 4.78 is 0. The molecule has 0 saturated heterocycles. The van der Waals surface area contributed by atoms with Gasteiger partial charge in [0.1, 0.15) is 5.82 Å². The van der Waals surface area contributed by atoms with Crippen molar-refractivity contribution in [2.24, 2.45) is 0 Å². The molecule has 0 unspecified atom stereocenters. The SMILES string of the molecule is Nc1ncccc1C(=O)Nc1ccc(CCO)cc1. The van der Waals surface area contributed by atoms with Crippen LogP contribution in [0.4, 0.5) is 11.5 Å². The molecule has 0 radical (unpaired) electrons. The minimum atomic E-state index is -0.291. The van der Waals surface area contributed by atoms with Gasteiger partial charge in [-0.15, -0.1) is 0 Å². The number of aromatic nitrogens is 1. The molecular weight excluding hydrogens is 242 g/mol. The summed E-state index contributed by atoms with van der Waals surface area (Å²) in [4.78, 5) is 15.8. The van der Waals surface area contributed by atoms with Crippen molar-refractivity contribution in [3.63, 3.8) is 0 Å². The maximum absolute atomic E-state index is 12.0.